The summed E-state index contributed by atoms with van der Waals surface area (Å²) in [6.45, 7) is 9.74. The first-order valence-electron chi connectivity index (χ1n) is 4.83. The minimum Gasteiger partial charge on any atom is -0.359 e. The molecule has 1 aliphatic heterocycles. The van der Waals surface area contributed by atoms with Crippen LogP contribution in [0.15, 0.2) is 0 Å². The van der Waals surface area contributed by atoms with Crippen LogP contribution in [0.3, 0.4) is 0 Å². The van der Waals surface area contributed by atoms with Crippen LogP contribution in [0, 0.1) is 0 Å². The van der Waals surface area contributed by atoms with E-state index in [1.807, 2.05) is 0 Å². The van der Waals surface area contributed by atoms with Crippen molar-refractivity contribution >= 4 is 16.5 Å². The third kappa shape index (κ3) is 1.95. The average molecular weight is 187 g/mol. The third-order valence-corrected chi connectivity index (χ3v) is 14.5. The molecule has 11 heavy (non-hydrogen) atoms. The summed E-state index contributed by atoms with van der Waals surface area (Å²) in [5.74, 6) is 0. The SMILES string of the molecule is CC[Si]1(C)CC[Si](C)(CC)N1. The van der Waals surface area contributed by atoms with E-state index in [-0.39, 0.29) is 0 Å². The zero-order valence-corrected chi connectivity index (χ0v) is 10.3. The van der Waals surface area contributed by atoms with E-state index in [1.54, 1.807) is 12.1 Å². The van der Waals surface area contributed by atoms with Gasteiger partial charge in [-0.15, -0.1) is 0 Å². The second-order valence-corrected chi connectivity index (χ2v) is 14.1. The first-order valence-corrected chi connectivity index (χ1v) is 10.7. The molecule has 1 N–H and O–H groups in total. The molecular weight excluding hydrogens is 166 g/mol. The Balaban J connectivity index is 2.58. The molecule has 1 fully saturated rings. The molecule has 0 amide bonds. The van der Waals surface area contributed by atoms with Gasteiger partial charge in [-0.3, -0.25) is 0 Å². The third-order valence-electron chi connectivity index (χ3n) is 3.39. The molecule has 2 unspecified atom stereocenters. The van der Waals surface area contributed by atoms with Crippen molar-refractivity contribution in [2.45, 2.75) is 51.1 Å². The van der Waals surface area contributed by atoms with Crippen LogP contribution in [-0.2, 0) is 0 Å². The Morgan fingerprint density at radius 3 is 1.55 bits per heavy atom. The number of hydrogen-bond donors (Lipinski definition) is 1. The Labute approximate surface area is 72.8 Å². The van der Waals surface area contributed by atoms with Crippen molar-refractivity contribution < 1.29 is 0 Å². The molecule has 0 radical (unpaired) electrons. The number of hydrogen-bond acceptors (Lipinski definition) is 1. The predicted octanol–water partition coefficient (Wildman–Crippen LogP) is 2.78. The fourth-order valence-electron chi connectivity index (χ4n) is 1.94. The van der Waals surface area contributed by atoms with Crippen LogP contribution in [-0.4, -0.2) is 16.5 Å². The molecule has 2 atom stereocenters. The van der Waals surface area contributed by atoms with E-state index in [0.717, 1.165) is 0 Å². The largest absolute Gasteiger partial charge is 0.359 e. The zero-order chi connectivity index (χ0) is 8.54. The van der Waals surface area contributed by atoms with Gasteiger partial charge < -0.3 is 4.65 Å². The molecule has 0 aromatic carbocycles. The first kappa shape index (κ1) is 9.48. The maximum absolute atomic E-state index is 4.02. The molecule has 0 aromatic heterocycles. The lowest BCUT2D eigenvalue weighted by atomic mass is 10.9. The maximum Gasteiger partial charge on any atom is 0.115 e. The fourth-order valence-corrected chi connectivity index (χ4v) is 15.3. The van der Waals surface area contributed by atoms with Crippen LogP contribution in [0.1, 0.15) is 13.8 Å². The van der Waals surface area contributed by atoms with Crippen molar-refractivity contribution in [2.24, 2.45) is 0 Å². The Morgan fingerprint density at radius 2 is 1.36 bits per heavy atom. The molecular formula is C8H21NSi2. The summed E-state index contributed by atoms with van der Waals surface area (Å²) in [7, 11) is -1.81. The molecule has 0 bridgehead atoms. The van der Waals surface area contributed by atoms with Crippen molar-refractivity contribution in [3.8, 4) is 0 Å². The van der Waals surface area contributed by atoms with Gasteiger partial charge in [-0.05, 0) is 24.2 Å². The standard InChI is InChI=1S/C8H21NSi2/c1-5-10(3)7-8-11(4,6-2)9-10/h9H,5-8H2,1-4H3. The van der Waals surface area contributed by atoms with E-state index < -0.39 is 16.5 Å². The highest BCUT2D eigenvalue weighted by Crippen LogP contribution is 2.31. The van der Waals surface area contributed by atoms with Crippen LogP contribution in [0.5, 0.6) is 0 Å². The lowest BCUT2D eigenvalue weighted by Gasteiger charge is -2.26. The summed E-state index contributed by atoms with van der Waals surface area (Å²) in [4.78, 5) is 0. The topological polar surface area (TPSA) is 12.0 Å². The average Bonchev–Trinajstić information content (AvgIpc) is 2.30. The fraction of sp³-hybridized carbons (Fsp3) is 1.00. The molecule has 1 nitrogen and oxygen atoms in total. The molecule has 1 heterocycles. The number of rotatable bonds is 2. The summed E-state index contributed by atoms with van der Waals surface area (Å²) in [5.41, 5.74) is 0. The molecule has 0 spiro atoms. The Morgan fingerprint density at radius 1 is 1.00 bits per heavy atom. The number of nitrogens with one attached hydrogen (secondary N) is 1. The van der Waals surface area contributed by atoms with Gasteiger partial charge in [0, 0.05) is 0 Å². The van der Waals surface area contributed by atoms with E-state index in [9.17, 15) is 0 Å². The van der Waals surface area contributed by atoms with Crippen molar-refractivity contribution in [2.75, 3.05) is 0 Å². The molecule has 1 aliphatic rings. The van der Waals surface area contributed by atoms with Crippen LogP contribution >= 0.6 is 0 Å². The van der Waals surface area contributed by atoms with Gasteiger partial charge >= 0.3 is 0 Å². The van der Waals surface area contributed by atoms with Gasteiger partial charge in [0.25, 0.3) is 0 Å². The summed E-state index contributed by atoms with van der Waals surface area (Å²) in [6.07, 6.45) is 0. The van der Waals surface area contributed by atoms with Crippen molar-refractivity contribution in [1.82, 2.24) is 4.65 Å². The smallest absolute Gasteiger partial charge is 0.115 e. The van der Waals surface area contributed by atoms with Gasteiger partial charge in [-0.1, -0.05) is 26.9 Å². The van der Waals surface area contributed by atoms with Crippen LogP contribution in [0.25, 0.3) is 0 Å². The zero-order valence-electron chi connectivity index (χ0n) is 8.33. The van der Waals surface area contributed by atoms with E-state index in [2.05, 4.69) is 31.6 Å². The summed E-state index contributed by atoms with van der Waals surface area (Å²) < 4.78 is 4.02. The van der Waals surface area contributed by atoms with E-state index in [0.29, 0.717) is 0 Å². The second-order valence-electron chi connectivity index (χ2n) is 4.45. The highest BCUT2D eigenvalue weighted by molar-refractivity contribution is 6.96. The van der Waals surface area contributed by atoms with Crippen LogP contribution in [0.4, 0.5) is 0 Å². The van der Waals surface area contributed by atoms with E-state index in [4.69, 9.17) is 0 Å². The monoisotopic (exact) mass is 187 g/mol. The van der Waals surface area contributed by atoms with Gasteiger partial charge in [-0.25, -0.2) is 0 Å². The maximum atomic E-state index is 4.02. The molecule has 66 valence electrons. The van der Waals surface area contributed by atoms with Crippen molar-refractivity contribution in [3.05, 3.63) is 0 Å². The molecule has 0 aliphatic carbocycles. The van der Waals surface area contributed by atoms with Crippen molar-refractivity contribution in [1.29, 1.82) is 0 Å². The van der Waals surface area contributed by atoms with Gasteiger partial charge in [-0.2, -0.15) is 0 Å². The van der Waals surface area contributed by atoms with Crippen LogP contribution in [0.2, 0.25) is 37.3 Å². The Bertz CT molecular complexity index is 135. The summed E-state index contributed by atoms with van der Waals surface area (Å²) >= 11 is 0. The molecule has 3 heteroatoms. The lowest BCUT2D eigenvalue weighted by Crippen LogP contribution is -2.53. The summed E-state index contributed by atoms with van der Waals surface area (Å²) in [6, 6.07) is 5.94. The molecule has 1 rings (SSSR count). The highest BCUT2D eigenvalue weighted by atomic mass is 28.4. The van der Waals surface area contributed by atoms with E-state index >= 15 is 0 Å². The quantitative estimate of drug-likeness (QED) is 0.656. The summed E-state index contributed by atoms with van der Waals surface area (Å²) in [5, 5.41) is 0. The Kier molecular flexibility index (Phi) is 2.61. The van der Waals surface area contributed by atoms with Crippen molar-refractivity contribution in [3.63, 3.8) is 0 Å². The van der Waals surface area contributed by atoms with Gasteiger partial charge in [0.2, 0.25) is 0 Å². The molecule has 0 aromatic rings. The van der Waals surface area contributed by atoms with Gasteiger partial charge in [0.15, 0.2) is 0 Å². The normalized spacial score (nSPS) is 44.7. The van der Waals surface area contributed by atoms with Gasteiger partial charge in [0.05, 0.1) is 0 Å². The van der Waals surface area contributed by atoms with E-state index in [1.165, 1.54) is 12.1 Å². The lowest BCUT2D eigenvalue weighted by molar-refractivity contribution is 1.21. The van der Waals surface area contributed by atoms with Gasteiger partial charge in [0.1, 0.15) is 16.5 Å². The Hall–Kier alpha value is 0.394. The van der Waals surface area contributed by atoms with Crippen LogP contribution < -0.4 is 4.65 Å². The minimum absolute atomic E-state index is 0.905. The predicted molar refractivity (Wildman–Crippen MR) is 56.9 cm³/mol. The minimum atomic E-state index is -0.905. The molecule has 0 saturated carbocycles. The first-order chi connectivity index (χ1) is 5.04. The highest BCUT2D eigenvalue weighted by Gasteiger charge is 2.42. The molecule has 1 saturated heterocycles. The second kappa shape index (κ2) is 3.03.